The maximum atomic E-state index is 12.4. The summed E-state index contributed by atoms with van der Waals surface area (Å²) in [6, 6.07) is 16.3. The molecule has 136 valence electrons. The van der Waals surface area contributed by atoms with E-state index in [0.29, 0.717) is 24.4 Å². The van der Waals surface area contributed by atoms with Gasteiger partial charge in [-0.05, 0) is 48.7 Å². The van der Waals surface area contributed by atoms with E-state index in [9.17, 15) is 14.7 Å². The van der Waals surface area contributed by atoms with Crippen LogP contribution < -0.4 is 10.1 Å². The Kier molecular flexibility index (Phi) is 5.41. The summed E-state index contributed by atoms with van der Waals surface area (Å²) in [5.41, 5.74) is 0.639. The maximum Gasteiger partial charge on any atom is 0.321 e. The molecule has 1 heterocycles. The number of carbonyl (C=O) groups is 2. The molecule has 26 heavy (non-hydrogen) atoms. The second-order valence-electron chi connectivity index (χ2n) is 6.65. The van der Waals surface area contributed by atoms with Gasteiger partial charge in [-0.15, -0.1) is 0 Å². The fourth-order valence-electron chi connectivity index (χ4n) is 3.13. The minimum atomic E-state index is -0.850. The van der Waals surface area contributed by atoms with E-state index in [1.54, 1.807) is 29.2 Å². The molecule has 0 bridgehead atoms. The van der Waals surface area contributed by atoms with E-state index in [0.717, 1.165) is 5.75 Å². The number of nitrogens with zero attached hydrogens (tertiary/aromatic N) is 1. The zero-order valence-electron chi connectivity index (χ0n) is 14.6. The highest BCUT2D eigenvalue weighted by molar-refractivity contribution is 5.89. The fourth-order valence-corrected chi connectivity index (χ4v) is 3.13. The maximum absolute atomic E-state index is 12.4. The number of rotatable bonds is 4. The molecule has 0 aliphatic carbocycles. The van der Waals surface area contributed by atoms with E-state index in [1.807, 2.05) is 37.3 Å². The van der Waals surface area contributed by atoms with Gasteiger partial charge in [0.2, 0.25) is 0 Å². The Morgan fingerprint density at radius 1 is 1.04 bits per heavy atom. The molecule has 0 spiro atoms. The van der Waals surface area contributed by atoms with Gasteiger partial charge in [0.15, 0.2) is 0 Å². The number of carbonyl (C=O) groups excluding carboxylic acids is 1. The topological polar surface area (TPSA) is 78.9 Å². The summed E-state index contributed by atoms with van der Waals surface area (Å²) < 4.78 is 5.72. The van der Waals surface area contributed by atoms with E-state index < -0.39 is 11.9 Å². The summed E-state index contributed by atoms with van der Waals surface area (Å²) in [5, 5.41) is 12.0. The van der Waals surface area contributed by atoms with Crippen LogP contribution in [0.4, 0.5) is 10.5 Å². The molecule has 6 nitrogen and oxygen atoms in total. The molecule has 2 N–H and O–H groups in total. The highest BCUT2D eigenvalue weighted by atomic mass is 16.5. The van der Waals surface area contributed by atoms with Crippen LogP contribution in [0, 0.1) is 11.8 Å². The van der Waals surface area contributed by atoms with Crippen molar-refractivity contribution in [3.63, 3.8) is 0 Å². The van der Waals surface area contributed by atoms with E-state index in [4.69, 9.17) is 4.74 Å². The van der Waals surface area contributed by atoms with E-state index >= 15 is 0 Å². The van der Waals surface area contributed by atoms with Crippen molar-refractivity contribution >= 4 is 17.7 Å². The quantitative estimate of drug-likeness (QED) is 0.868. The number of amides is 2. The molecule has 0 aromatic heterocycles. The van der Waals surface area contributed by atoms with Gasteiger partial charge in [0, 0.05) is 18.8 Å². The third kappa shape index (κ3) is 4.53. The first-order valence-corrected chi connectivity index (χ1v) is 8.63. The monoisotopic (exact) mass is 354 g/mol. The van der Waals surface area contributed by atoms with Crippen molar-refractivity contribution in [1.29, 1.82) is 0 Å². The van der Waals surface area contributed by atoms with E-state index in [2.05, 4.69) is 5.32 Å². The Hall–Kier alpha value is -3.02. The van der Waals surface area contributed by atoms with Crippen LogP contribution in [0.15, 0.2) is 54.6 Å². The van der Waals surface area contributed by atoms with Crippen LogP contribution in [0.2, 0.25) is 0 Å². The van der Waals surface area contributed by atoms with Gasteiger partial charge in [0.25, 0.3) is 0 Å². The van der Waals surface area contributed by atoms with Crippen molar-refractivity contribution in [2.45, 2.75) is 13.3 Å². The number of likely N-dealkylation sites (tertiary alicyclic amines) is 1. The lowest BCUT2D eigenvalue weighted by atomic mass is 9.91. The van der Waals surface area contributed by atoms with Crippen LogP contribution in [-0.2, 0) is 4.79 Å². The van der Waals surface area contributed by atoms with Crippen molar-refractivity contribution < 1.29 is 19.4 Å². The second-order valence-corrected chi connectivity index (χ2v) is 6.65. The molecule has 1 fully saturated rings. The number of urea groups is 1. The first-order chi connectivity index (χ1) is 12.5. The first kappa shape index (κ1) is 17.8. The average molecular weight is 354 g/mol. The largest absolute Gasteiger partial charge is 0.481 e. The van der Waals surface area contributed by atoms with Crippen LogP contribution in [0.25, 0.3) is 0 Å². The molecule has 1 aliphatic heterocycles. The van der Waals surface area contributed by atoms with Gasteiger partial charge in [0.05, 0.1) is 5.92 Å². The number of benzene rings is 2. The number of ether oxygens (including phenoxy) is 1. The van der Waals surface area contributed by atoms with Crippen molar-refractivity contribution in [1.82, 2.24) is 4.90 Å². The Morgan fingerprint density at radius 3 is 2.35 bits per heavy atom. The lowest BCUT2D eigenvalue weighted by molar-refractivity contribution is -0.143. The van der Waals surface area contributed by atoms with Gasteiger partial charge in [-0.2, -0.15) is 0 Å². The number of aliphatic carboxylic acids is 1. The zero-order valence-corrected chi connectivity index (χ0v) is 14.6. The molecular weight excluding hydrogens is 332 g/mol. The fraction of sp³-hybridized carbons (Fsp3) is 0.300. The molecular formula is C20H22N2O4. The number of carboxylic acid groups (broad SMARTS) is 1. The van der Waals surface area contributed by atoms with Gasteiger partial charge >= 0.3 is 12.0 Å². The lowest BCUT2D eigenvalue weighted by Gasteiger charge is -2.34. The van der Waals surface area contributed by atoms with Crippen molar-refractivity contribution in [3.05, 3.63) is 54.6 Å². The summed E-state index contributed by atoms with van der Waals surface area (Å²) in [4.78, 5) is 25.3. The van der Waals surface area contributed by atoms with Crippen LogP contribution in [0.5, 0.6) is 11.5 Å². The number of hydrogen-bond acceptors (Lipinski definition) is 3. The van der Waals surface area contributed by atoms with Gasteiger partial charge in [-0.1, -0.05) is 25.1 Å². The van der Waals surface area contributed by atoms with E-state index in [1.165, 1.54) is 0 Å². The molecule has 2 amide bonds. The summed E-state index contributed by atoms with van der Waals surface area (Å²) in [5.74, 6) is 0.221. The Bertz CT molecular complexity index is 761. The third-order valence-corrected chi connectivity index (χ3v) is 4.38. The minimum Gasteiger partial charge on any atom is -0.481 e. The SMILES string of the molecule is CC1CC(C(=O)O)CN(C(=O)Nc2ccc(Oc3ccccc3)cc2)C1. The average Bonchev–Trinajstić information content (AvgIpc) is 2.63. The minimum absolute atomic E-state index is 0.164. The summed E-state index contributed by atoms with van der Waals surface area (Å²) >= 11 is 0. The molecule has 2 aromatic rings. The zero-order chi connectivity index (χ0) is 18.5. The Morgan fingerprint density at radius 2 is 1.69 bits per heavy atom. The smallest absolute Gasteiger partial charge is 0.321 e. The predicted molar refractivity (Wildman–Crippen MR) is 98.5 cm³/mol. The standard InChI is InChI=1S/C20H22N2O4/c1-14-11-15(19(23)24)13-22(12-14)20(25)21-16-7-9-18(10-8-16)26-17-5-3-2-4-6-17/h2-10,14-15H,11-13H2,1H3,(H,21,25)(H,23,24). The number of carboxylic acids is 1. The normalized spacial score (nSPS) is 19.7. The van der Waals surface area contributed by atoms with Gasteiger partial charge < -0.3 is 20.1 Å². The van der Waals surface area contributed by atoms with Crippen LogP contribution in [-0.4, -0.2) is 35.1 Å². The van der Waals surface area contributed by atoms with Gasteiger partial charge in [-0.25, -0.2) is 4.79 Å². The molecule has 6 heteroatoms. The summed E-state index contributed by atoms with van der Waals surface area (Å²) in [6.07, 6.45) is 0.602. The Balaban J connectivity index is 1.59. The van der Waals surface area contributed by atoms with Crippen molar-refractivity contribution in [3.8, 4) is 11.5 Å². The number of para-hydroxylation sites is 1. The molecule has 1 aliphatic rings. The molecule has 2 unspecified atom stereocenters. The molecule has 0 saturated carbocycles. The highest BCUT2D eigenvalue weighted by Crippen LogP contribution is 2.24. The lowest BCUT2D eigenvalue weighted by Crippen LogP contribution is -2.47. The predicted octanol–water partition coefficient (Wildman–Crippen LogP) is 4.05. The number of piperidine rings is 1. The highest BCUT2D eigenvalue weighted by Gasteiger charge is 2.31. The van der Waals surface area contributed by atoms with Gasteiger partial charge in [-0.3, -0.25) is 4.79 Å². The van der Waals surface area contributed by atoms with E-state index in [-0.39, 0.29) is 18.5 Å². The molecule has 3 rings (SSSR count). The first-order valence-electron chi connectivity index (χ1n) is 8.63. The van der Waals surface area contributed by atoms with Crippen molar-refractivity contribution in [2.24, 2.45) is 11.8 Å². The third-order valence-electron chi connectivity index (χ3n) is 4.38. The molecule has 2 atom stereocenters. The van der Waals surface area contributed by atoms with Crippen LogP contribution in [0.3, 0.4) is 0 Å². The van der Waals surface area contributed by atoms with Crippen LogP contribution in [0.1, 0.15) is 13.3 Å². The van der Waals surface area contributed by atoms with Gasteiger partial charge in [0.1, 0.15) is 11.5 Å². The molecule has 2 aromatic carbocycles. The molecule has 0 radical (unpaired) electrons. The number of anilines is 1. The summed E-state index contributed by atoms with van der Waals surface area (Å²) in [7, 11) is 0. The number of nitrogens with one attached hydrogen (secondary N) is 1. The summed E-state index contributed by atoms with van der Waals surface area (Å²) in [6.45, 7) is 2.76. The Labute approximate surface area is 152 Å². The second kappa shape index (κ2) is 7.91. The van der Waals surface area contributed by atoms with Crippen molar-refractivity contribution in [2.75, 3.05) is 18.4 Å². The molecule has 1 saturated heterocycles. The van der Waals surface area contributed by atoms with Crippen LogP contribution >= 0.6 is 0 Å². The number of hydrogen-bond donors (Lipinski definition) is 2.